The van der Waals surface area contributed by atoms with Crippen molar-refractivity contribution in [2.75, 3.05) is 6.67 Å². The first-order valence-electron chi connectivity index (χ1n) is 4.93. The van der Waals surface area contributed by atoms with Gasteiger partial charge in [-0.15, -0.1) is 0 Å². The number of benzene rings is 1. The van der Waals surface area contributed by atoms with Crippen molar-refractivity contribution in [3.63, 3.8) is 0 Å². The molecule has 0 aromatic heterocycles. The van der Waals surface area contributed by atoms with Crippen LogP contribution in [0.1, 0.15) is 22.3 Å². The highest BCUT2D eigenvalue weighted by Crippen LogP contribution is 2.19. The molecule has 1 aromatic rings. The van der Waals surface area contributed by atoms with Gasteiger partial charge in [0, 0.05) is 11.1 Å². The van der Waals surface area contributed by atoms with Gasteiger partial charge in [0.2, 0.25) is 0 Å². The van der Waals surface area contributed by atoms with Gasteiger partial charge in [-0.3, -0.25) is 4.79 Å². The molecule has 0 saturated heterocycles. The molecule has 98 valence electrons. The van der Waals surface area contributed by atoms with E-state index in [1.807, 2.05) is 5.32 Å². The average Bonchev–Trinajstić information content (AvgIpc) is 2.35. The highest BCUT2D eigenvalue weighted by Gasteiger charge is 2.20. The molecule has 0 aliphatic rings. The summed E-state index contributed by atoms with van der Waals surface area (Å²) in [4.78, 5) is 22.0. The molecule has 0 radical (unpaired) electrons. The predicted molar refractivity (Wildman–Crippen MR) is 56.3 cm³/mol. The molecule has 0 heterocycles. The van der Waals surface area contributed by atoms with E-state index < -0.39 is 31.0 Å². The van der Waals surface area contributed by atoms with Gasteiger partial charge in [0.1, 0.15) is 6.67 Å². The number of carboxylic acids is 1. The van der Waals surface area contributed by atoms with Crippen LogP contribution in [0, 0.1) is 0 Å². The van der Waals surface area contributed by atoms with Crippen molar-refractivity contribution in [3.05, 3.63) is 35.4 Å². The first kappa shape index (κ1) is 14.0. The number of carboxylic acid groups (broad SMARTS) is 1. The van der Waals surface area contributed by atoms with Crippen LogP contribution in [0.25, 0.3) is 0 Å². The fraction of sp³-hybridized carbons (Fsp3) is 0.273. The number of carbonyl (C=O) groups is 2. The summed E-state index contributed by atoms with van der Waals surface area (Å²) in [5.74, 6) is -2.45. The Hall–Kier alpha value is -2.05. The zero-order valence-electron chi connectivity index (χ0n) is 9.07. The van der Waals surface area contributed by atoms with Crippen LogP contribution in [-0.2, 0) is 4.79 Å². The van der Waals surface area contributed by atoms with Crippen LogP contribution in [0.5, 0.6) is 0 Å². The number of hydrogen-bond acceptors (Lipinski definition) is 2. The lowest BCUT2D eigenvalue weighted by Crippen LogP contribution is -2.42. The van der Waals surface area contributed by atoms with Crippen LogP contribution >= 0.6 is 0 Å². The summed E-state index contributed by atoms with van der Waals surface area (Å²) in [6, 6.07) is 2.84. The molecule has 0 fully saturated rings. The van der Waals surface area contributed by atoms with E-state index in [9.17, 15) is 22.8 Å². The number of nitrogens with one attached hydrogen (secondary N) is 1. The Balaban J connectivity index is 2.84. The monoisotopic (exact) mass is 261 g/mol. The number of rotatable bonds is 5. The minimum absolute atomic E-state index is 0.146. The van der Waals surface area contributed by atoms with Gasteiger partial charge in [0.15, 0.2) is 6.04 Å². The molecule has 0 bridgehead atoms. The highest BCUT2D eigenvalue weighted by molar-refractivity contribution is 5.96. The van der Waals surface area contributed by atoms with Crippen LogP contribution in [-0.4, -0.2) is 29.7 Å². The Morgan fingerprint density at radius 2 is 2.00 bits per heavy atom. The smallest absolute Gasteiger partial charge is 0.328 e. The van der Waals surface area contributed by atoms with E-state index in [4.69, 9.17) is 5.11 Å². The molecule has 2 N–H and O–H groups in total. The molecule has 1 rings (SSSR count). The maximum Gasteiger partial charge on any atom is 0.328 e. The maximum atomic E-state index is 12.4. The fourth-order valence-corrected chi connectivity index (χ4v) is 1.22. The quantitative estimate of drug-likeness (QED) is 0.849. The molecule has 0 aliphatic carbocycles. The second-order valence-corrected chi connectivity index (χ2v) is 3.44. The van der Waals surface area contributed by atoms with E-state index in [0.717, 1.165) is 12.1 Å². The van der Waals surface area contributed by atoms with Gasteiger partial charge in [-0.05, 0) is 12.1 Å². The van der Waals surface area contributed by atoms with E-state index in [1.54, 1.807) is 0 Å². The first-order valence-corrected chi connectivity index (χ1v) is 4.93. The van der Waals surface area contributed by atoms with Gasteiger partial charge >= 0.3 is 5.97 Å². The lowest BCUT2D eigenvalue weighted by atomic mass is 10.1. The minimum atomic E-state index is -2.74. The average molecular weight is 261 g/mol. The Bertz CT molecular complexity index is 451. The summed E-state index contributed by atoms with van der Waals surface area (Å²) in [6.07, 6.45) is -2.74. The predicted octanol–water partition coefficient (Wildman–Crippen LogP) is 1.78. The SMILES string of the molecule is O=C(NC(CF)C(=O)O)c1cccc(C(F)F)c1. The van der Waals surface area contributed by atoms with Gasteiger partial charge in [-0.25, -0.2) is 18.0 Å². The summed E-state index contributed by atoms with van der Waals surface area (Å²) in [5, 5.41) is 10.4. The Morgan fingerprint density at radius 3 is 2.50 bits per heavy atom. The molecular formula is C11H10F3NO3. The van der Waals surface area contributed by atoms with E-state index in [2.05, 4.69) is 0 Å². The van der Waals surface area contributed by atoms with Crippen LogP contribution in [0.3, 0.4) is 0 Å². The topological polar surface area (TPSA) is 66.4 Å². The van der Waals surface area contributed by atoms with Crippen LogP contribution in [0.2, 0.25) is 0 Å². The zero-order chi connectivity index (χ0) is 13.7. The summed E-state index contributed by atoms with van der Waals surface area (Å²) in [6.45, 7) is -1.28. The highest BCUT2D eigenvalue weighted by atomic mass is 19.3. The summed E-state index contributed by atoms with van der Waals surface area (Å²) in [7, 11) is 0. The van der Waals surface area contributed by atoms with Crippen molar-refractivity contribution in [2.24, 2.45) is 0 Å². The molecule has 1 atom stereocenters. The van der Waals surface area contributed by atoms with Crippen molar-refractivity contribution in [2.45, 2.75) is 12.5 Å². The van der Waals surface area contributed by atoms with Gasteiger partial charge in [0.25, 0.3) is 12.3 Å². The second kappa shape index (κ2) is 6.04. The zero-order valence-corrected chi connectivity index (χ0v) is 9.07. The Kier molecular flexibility index (Phi) is 4.70. The molecule has 1 aromatic carbocycles. The van der Waals surface area contributed by atoms with Crippen LogP contribution < -0.4 is 5.32 Å². The number of carbonyl (C=O) groups excluding carboxylic acids is 1. The normalized spacial score (nSPS) is 12.2. The lowest BCUT2D eigenvalue weighted by molar-refractivity contribution is -0.139. The maximum absolute atomic E-state index is 12.4. The van der Waals surface area contributed by atoms with E-state index >= 15 is 0 Å². The van der Waals surface area contributed by atoms with Crippen LogP contribution in [0.4, 0.5) is 13.2 Å². The third-order valence-corrected chi connectivity index (χ3v) is 2.16. The lowest BCUT2D eigenvalue weighted by Gasteiger charge is -2.11. The number of amides is 1. The van der Waals surface area contributed by atoms with Crippen molar-refractivity contribution in [1.29, 1.82) is 0 Å². The largest absolute Gasteiger partial charge is 0.480 e. The standard InChI is InChI=1S/C11H10F3NO3/c12-5-8(11(17)18)15-10(16)7-3-1-2-6(4-7)9(13)14/h1-4,8-9H,5H2,(H,15,16)(H,17,18). The van der Waals surface area contributed by atoms with Crippen molar-refractivity contribution < 1.29 is 27.9 Å². The molecule has 4 nitrogen and oxygen atoms in total. The minimum Gasteiger partial charge on any atom is -0.480 e. The number of alkyl halides is 3. The van der Waals surface area contributed by atoms with E-state index in [1.165, 1.54) is 12.1 Å². The Morgan fingerprint density at radius 1 is 1.33 bits per heavy atom. The Labute approximate surface area is 100 Å². The molecule has 7 heteroatoms. The third-order valence-electron chi connectivity index (χ3n) is 2.16. The van der Waals surface area contributed by atoms with E-state index in [-0.39, 0.29) is 11.1 Å². The van der Waals surface area contributed by atoms with Crippen LogP contribution in [0.15, 0.2) is 24.3 Å². The van der Waals surface area contributed by atoms with Crippen molar-refractivity contribution in [3.8, 4) is 0 Å². The molecule has 0 spiro atoms. The van der Waals surface area contributed by atoms with Crippen molar-refractivity contribution in [1.82, 2.24) is 5.32 Å². The number of hydrogen-bond donors (Lipinski definition) is 2. The molecule has 1 amide bonds. The van der Waals surface area contributed by atoms with E-state index in [0.29, 0.717) is 0 Å². The molecule has 0 aliphatic heterocycles. The van der Waals surface area contributed by atoms with Gasteiger partial charge in [-0.1, -0.05) is 12.1 Å². The molecule has 0 saturated carbocycles. The first-order chi connectivity index (χ1) is 8.45. The number of aliphatic carboxylic acids is 1. The molecule has 1 unspecified atom stereocenters. The van der Waals surface area contributed by atoms with Crippen molar-refractivity contribution >= 4 is 11.9 Å². The number of halogens is 3. The van der Waals surface area contributed by atoms with Gasteiger partial charge < -0.3 is 10.4 Å². The molecule has 18 heavy (non-hydrogen) atoms. The third kappa shape index (κ3) is 3.47. The second-order valence-electron chi connectivity index (χ2n) is 3.44. The summed E-state index contributed by atoms with van der Waals surface area (Å²) < 4.78 is 37.0. The van der Waals surface area contributed by atoms with Gasteiger partial charge in [-0.2, -0.15) is 0 Å². The fourth-order valence-electron chi connectivity index (χ4n) is 1.22. The summed E-state index contributed by atoms with van der Waals surface area (Å²) in [5.41, 5.74) is -0.512. The molecular weight excluding hydrogens is 251 g/mol. The van der Waals surface area contributed by atoms with Gasteiger partial charge in [0.05, 0.1) is 0 Å². The summed E-state index contributed by atoms with van der Waals surface area (Å²) >= 11 is 0.